The Bertz CT molecular complexity index is 538. The number of nitrogens with one attached hydrogen (secondary N) is 1. The van der Waals surface area contributed by atoms with E-state index in [1.54, 1.807) is 11.8 Å². The van der Waals surface area contributed by atoms with Gasteiger partial charge in [0.15, 0.2) is 5.17 Å². The molecule has 2 saturated heterocycles. The molecule has 20 heavy (non-hydrogen) atoms. The first-order chi connectivity index (χ1) is 9.74. The van der Waals surface area contributed by atoms with E-state index in [1.807, 2.05) is 31.2 Å². The lowest BCUT2D eigenvalue weighted by Crippen LogP contribution is -2.33. The quantitative estimate of drug-likeness (QED) is 0.911. The van der Waals surface area contributed by atoms with Crippen molar-refractivity contribution in [3.8, 4) is 0 Å². The number of amides is 1. The molecular weight excluding hydrogens is 272 g/mol. The minimum absolute atomic E-state index is 0.0123. The van der Waals surface area contributed by atoms with Gasteiger partial charge >= 0.3 is 0 Å². The van der Waals surface area contributed by atoms with E-state index < -0.39 is 0 Å². The Balaban J connectivity index is 1.74. The van der Waals surface area contributed by atoms with Crippen molar-refractivity contribution in [1.29, 1.82) is 0 Å². The number of hydrogen-bond acceptors (Lipinski definition) is 4. The van der Waals surface area contributed by atoms with Crippen molar-refractivity contribution in [2.75, 3.05) is 13.2 Å². The molecule has 1 unspecified atom stereocenters. The zero-order valence-electron chi connectivity index (χ0n) is 11.5. The van der Waals surface area contributed by atoms with Crippen LogP contribution in [0.1, 0.15) is 18.4 Å². The number of amidine groups is 1. The number of aliphatic imine (C=N–C) groups is 1. The number of carbonyl (C=O) groups excluding carboxylic acids is 1. The van der Waals surface area contributed by atoms with Crippen LogP contribution in [-0.4, -0.2) is 29.5 Å². The van der Waals surface area contributed by atoms with E-state index in [1.165, 1.54) is 0 Å². The minimum Gasteiger partial charge on any atom is -0.381 e. The van der Waals surface area contributed by atoms with Crippen molar-refractivity contribution >= 4 is 28.5 Å². The highest BCUT2D eigenvalue weighted by molar-refractivity contribution is 8.15. The van der Waals surface area contributed by atoms with Crippen LogP contribution >= 0.6 is 11.8 Å². The molecular formula is C15H18N2O2S. The lowest BCUT2D eigenvalue weighted by atomic mass is 9.96. The number of benzene rings is 1. The van der Waals surface area contributed by atoms with Crippen molar-refractivity contribution in [3.63, 3.8) is 0 Å². The van der Waals surface area contributed by atoms with Crippen LogP contribution in [0.4, 0.5) is 5.69 Å². The highest BCUT2D eigenvalue weighted by atomic mass is 32.2. The zero-order chi connectivity index (χ0) is 13.9. The molecule has 0 aliphatic carbocycles. The molecule has 2 fully saturated rings. The standard InChI is InChI=1S/C15H18N2O2S/c1-10-4-2-3-5-12(10)16-15-17-14(18)13(20-15)11-6-8-19-9-7-11/h2-5,11,13H,6-9H2,1H3,(H,16,17,18). The van der Waals surface area contributed by atoms with Gasteiger partial charge in [-0.05, 0) is 37.3 Å². The summed E-state index contributed by atoms with van der Waals surface area (Å²) < 4.78 is 5.36. The number of aryl methyl sites for hydroxylation is 1. The van der Waals surface area contributed by atoms with Crippen LogP contribution in [0.3, 0.4) is 0 Å². The Morgan fingerprint density at radius 1 is 1.30 bits per heavy atom. The maximum atomic E-state index is 12.1. The largest absolute Gasteiger partial charge is 0.381 e. The molecule has 1 atom stereocenters. The normalized spacial score (nSPS) is 25.9. The van der Waals surface area contributed by atoms with Crippen molar-refractivity contribution in [1.82, 2.24) is 5.32 Å². The second-order valence-electron chi connectivity index (χ2n) is 5.18. The Kier molecular flexibility index (Phi) is 4.08. The molecule has 5 heteroatoms. The van der Waals surface area contributed by atoms with Crippen LogP contribution in [0.5, 0.6) is 0 Å². The number of ether oxygens (including phenoxy) is 1. The van der Waals surface area contributed by atoms with E-state index in [4.69, 9.17) is 4.74 Å². The monoisotopic (exact) mass is 290 g/mol. The Morgan fingerprint density at radius 3 is 2.80 bits per heavy atom. The van der Waals surface area contributed by atoms with Crippen LogP contribution < -0.4 is 5.32 Å². The molecule has 0 aromatic heterocycles. The Morgan fingerprint density at radius 2 is 2.05 bits per heavy atom. The van der Waals surface area contributed by atoms with Gasteiger partial charge in [-0.3, -0.25) is 4.79 Å². The molecule has 0 saturated carbocycles. The predicted octanol–water partition coefficient (Wildman–Crippen LogP) is 2.64. The van der Waals surface area contributed by atoms with E-state index in [0.29, 0.717) is 5.92 Å². The summed E-state index contributed by atoms with van der Waals surface area (Å²) in [6.07, 6.45) is 1.92. The summed E-state index contributed by atoms with van der Waals surface area (Å²) in [7, 11) is 0. The van der Waals surface area contributed by atoms with Gasteiger partial charge in [0.05, 0.1) is 10.9 Å². The third-order valence-corrected chi connectivity index (χ3v) is 5.03. The van der Waals surface area contributed by atoms with E-state index >= 15 is 0 Å². The van der Waals surface area contributed by atoms with Crippen molar-refractivity contribution in [2.45, 2.75) is 25.0 Å². The lowest BCUT2D eigenvalue weighted by molar-refractivity contribution is -0.120. The van der Waals surface area contributed by atoms with Crippen LogP contribution in [0.2, 0.25) is 0 Å². The summed E-state index contributed by atoms with van der Waals surface area (Å²) in [6, 6.07) is 7.95. The summed E-state index contributed by atoms with van der Waals surface area (Å²) in [5, 5.41) is 3.62. The van der Waals surface area contributed by atoms with Gasteiger partial charge < -0.3 is 10.1 Å². The topological polar surface area (TPSA) is 50.7 Å². The van der Waals surface area contributed by atoms with Gasteiger partial charge in [-0.1, -0.05) is 30.0 Å². The average molecular weight is 290 g/mol. The average Bonchev–Trinajstić information content (AvgIpc) is 2.83. The van der Waals surface area contributed by atoms with Crippen molar-refractivity contribution in [2.24, 2.45) is 10.9 Å². The predicted molar refractivity (Wildman–Crippen MR) is 81.3 cm³/mol. The molecule has 2 heterocycles. The smallest absolute Gasteiger partial charge is 0.239 e. The Labute approximate surface area is 123 Å². The molecule has 0 bridgehead atoms. The maximum absolute atomic E-state index is 12.1. The molecule has 0 spiro atoms. The molecule has 1 N–H and O–H groups in total. The summed E-state index contributed by atoms with van der Waals surface area (Å²) in [4.78, 5) is 16.7. The summed E-state index contributed by atoms with van der Waals surface area (Å²) in [5.41, 5.74) is 2.03. The number of hydrogen-bond donors (Lipinski definition) is 1. The van der Waals surface area contributed by atoms with Crippen LogP contribution in [0.15, 0.2) is 29.3 Å². The van der Waals surface area contributed by atoms with E-state index in [0.717, 1.165) is 42.5 Å². The van der Waals surface area contributed by atoms with Gasteiger partial charge in [0.1, 0.15) is 0 Å². The number of carbonyl (C=O) groups is 1. The molecule has 0 radical (unpaired) electrons. The van der Waals surface area contributed by atoms with Crippen LogP contribution in [0.25, 0.3) is 0 Å². The molecule has 3 rings (SSSR count). The van der Waals surface area contributed by atoms with Crippen molar-refractivity contribution in [3.05, 3.63) is 29.8 Å². The fourth-order valence-electron chi connectivity index (χ4n) is 2.56. The summed E-state index contributed by atoms with van der Waals surface area (Å²) in [5.74, 6) is 0.493. The fourth-order valence-corrected chi connectivity index (χ4v) is 3.74. The van der Waals surface area contributed by atoms with Crippen molar-refractivity contribution < 1.29 is 9.53 Å². The second kappa shape index (κ2) is 5.97. The highest BCUT2D eigenvalue weighted by Crippen LogP contribution is 2.33. The van der Waals surface area contributed by atoms with Gasteiger partial charge in [-0.25, -0.2) is 4.99 Å². The van der Waals surface area contributed by atoms with E-state index in [9.17, 15) is 4.79 Å². The number of thioether (sulfide) groups is 1. The second-order valence-corrected chi connectivity index (χ2v) is 6.31. The molecule has 2 aliphatic rings. The Hall–Kier alpha value is -1.33. The van der Waals surface area contributed by atoms with E-state index in [2.05, 4.69) is 10.3 Å². The molecule has 1 aromatic carbocycles. The molecule has 106 valence electrons. The van der Waals surface area contributed by atoms with Gasteiger partial charge in [-0.15, -0.1) is 0 Å². The minimum atomic E-state index is -0.0123. The van der Waals surface area contributed by atoms with Gasteiger partial charge in [0.25, 0.3) is 0 Å². The molecule has 1 amide bonds. The number of rotatable bonds is 2. The zero-order valence-corrected chi connectivity index (χ0v) is 12.3. The molecule has 4 nitrogen and oxygen atoms in total. The molecule has 2 aliphatic heterocycles. The van der Waals surface area contributed by atoms with Gasteiger partial charge in [0, 0.05) is 13.2 Å². The first-order valence-electron chi connectivity index (χ1n) is 6.93. The summed E-state index contributed by atoms with van der Waals surface area (Å²) >= 11 is 1.56. The first-order valence-corrected chi connectivity index (χ1v) is 7.81. The first kappa shape index (κ1) is 13.6. The van der Waals surface area contributed by atoms with E-state index in [-0.39, 0.29) is 11.2 Å². The highest BCUT2D eigenvalue weighted by Gasteiger charge is 2.37. The number of para-hydroxylation sites is 1. The van der Waals surface area contributed by atoms with Gasteiger partial charge in [0.2, 0.25) is 5.91 Å². The third-order valence-electron chi connectivity index (χ3n) is 3.76. The third kappa shape index (κ3) is 2.88. The molecule has 1 aromatic rings. The van der Waals surface area contributed by atoms with Crippen LogP contribution in [0, 0.1) is 12.8 Å². The lowest BCUT2D eigenvalue weighted by Gasteiger charge is -2.24. The number of nitrogens with zero attached hydrogens (tertiary/aromatic N) is 1. The van der Waals surface area contributed by atoms with Gasteiger partial charge in [-0.2, -0.15) is 0 Å². The van der Waals surface area contributed by atoms with Crippen LogP contribution in [-0.2, 0) is 9.53 Å². The maximum Gasteiger partial charge on any atom is 0.239 e. The SMILES string of the molecule is Cc1ccccc1N=C1NC(=O)C(C2CCOCC2)S1. The fraction of sp³-hybridized carbons (Fsp3) is 0.467. The summed E-state index contributed by atoms with van der Waals surface area (Å²) in [6.45, 7) is 3.55.